The van der Waals surface area contributed by atoms with Gasteiger partial charge < -0.3 is 31.3 Å². The normalized spacial score (nSPS) is 11.3. The van der Waals surface area contributed by atoms with Crippen LogP contribution in [0.3, 0.4) is 0 Å². The van der Waals surface area contributed by atoms with Crippen LogP contribution in [0.15, 0.2) is 36.4 Å². The molecule has 0 aliphatic rings. The summed E-state index contributed by atoms with van der Waals surface area (Å²) in [4.78, 5) is 0. The predicted octanol–water partition coefficient (Wildman–Crippen LogP) is 13.8. The molecule has 0 atom stereocenters. The summed E-state index contributed by atoms with van der Waals surface area (Å²) in [6.07, 6.45) is 20.0. The van der Waals surface area contributed by atoms with Crippen molar-refractivity contribution in [2.45, 2.75) is 176 Å². The molecule has 6 heteroatoms. The Balaban J connectivity index is 2.05. The quantitative estimate of drug-likeness (QED) is 0.0359. The van der Waals surface area contributed by atoms with Crippen molar-refractivity contribution in [3.63, 3.8) is 0 Å². The van der Waals surface area contributed by atoms with Crippen LogP contribution in [0.5, 0.6) is 17.2 Å². The van der Waals surface area contributed by atoms with Crippen LogP contribution in [0.1, 0.15) is 185 Å². The van der Waals surface area contributed by atoms with Crippen molar-refractivity contribution in [2.24, 2.45) is 0 Å². The number of nitrogens with one attached hydrogen (secondary N) is 3. The average Bonchev–Trinajstić information content (AvgIpc) is 3.25. The number of phenolic OH excluding ortho intramolecular Hbond substituents is 3. The zero-order chi connectivity index (χ0) is 43.6. The van der Waals surface area contributed by atoms with Crippen molar-refractivity contribution in [1.82, 2.24) is 0 Å². The summed E-state index contributed by atoms with van der Waals surface area (Å²) in [7, 11) is 6.15. The minimum atomic E-state index is 0.477. The molecular weight excluding hydrogens is 739 g/mol. The second-order valence-electron chi connectivity index (χ2n) is 17.3. The number of aromatic hydroxyl groups is 3. The van der Waals surface area contributed by atoms with Crippen LogP contribution in [0.4, 0.5) is 17.1 Å². The van der Waals surface area contributed by atoms with Crippen molar-refractivity contribution in [3.8, 4) is 17.2 Å². The van der Waals surface area contributed by atoms with Crippen LogP contribution < -0.4 is 16.0 Å². The minimum Gasteiger partial charge on any atom is -0.507 e. The number of rotatable bonds is 27. The summed E-state index contributed by atoms with van der Waals surface area (Å²) in [6.45, 7) is 13.3. The molecule has 0 aromatic heterocycles. The Morgan fingerprint density at radius 2 is 0.517 bits per heavy atom. The molecule has 330 valence electrons. The number of benzene rings is 4. The lowest BCUT2D eigenvalue weighted by Gasteiger charge is -2.28. The summed E-state index contributed by atoms with van der Waals surface area (Å²) >= 11 is 0. The van der Waals surface area contributed by atoms with Gasteiger partial charge in [-0.05, 0) is 127 Å². The maximum Gasteiger partial charge on any atom is 0.121 e. The summed E-state index contributed by atoms with van der Waals surface area (Å²) in [5, 5.41) is 45.7. The topological polar surface area (TPSA) is 96.8 Å². The SMILES string of the molecule is CCCCc1cc(Cc2c(NC)c(Cc3cc(CCCC)c(O)c(CCCC)c3)c(NC)c(Cc3cc(CCCC)c(O)c(CCCC)c3)c2NC)cc(CCCC)c1O. The average molecular weight is 820 g/mol. The van der Waals surface area contributed by atoms with Gasteiger partial charge in [0, 0.05) is 74.2 Å². The Morgan fingerprint density at radius 3 is 0.667 bits per heavy atom. The minimum absolute atomic E-state index is 0.477. The first kappa shape index (κ1) is 48.3. The van der Waals surface area contributed by atoms with Crippen LogP contribution in [0.25, 0.3) is 0 Å². The predicted molar refractivity (Wildman–Crippen MR) is 259 cm³/mol. The Kier molecular flexibility index (Phi) is 20.0. The van der Waals surface area contributed by atoms with E-state index in [9.17, 15) is 15.3 Å². The number of anilines is 3. The first-order valence-corrected chi connectivity index (χ1v) is 23.9. The third-order valence-electron chi connectivity index (χ3n) is 12.5. The molecule has 4 rings (SSSR count). The largest absolute Gasteiger partial charge is 0.507 e. The van der Waals surface area contributed by atoms with E-state index in [1.807, 2.05) is 21.1 Å². The fourth-order valence-electron chi connectivity index (χ4n) is 9.12. The van der Waals surface area contributed by atoms with Gasteiger partial charge in [0.2, 0.25) is 0 Å². The van der Waals surface area contributed by atoms with Gasteiger partial charge in [-0.3, -0.25) is 0 Å². The van der Waals surface area contributed by atoms with Crippen molar-refractivity contribution in [1.29, 1.82) is 0 Å². The Labute approximate surface area is 365 Å². The molecular formula is C54H81N3O3. The van der Waals surface area contributed by atoms with E-state index in [4.69, 9.17) is 0 Å². The molecule has 6 nitrogen and oxygen atoms in total. The molecule has 0 saturated carbocycles. The number of unbranched alkanes of at least 4 members (excludes halogenated alkanes) is 6. The third-order valence-corrected chi connectivity index (χ3v) is 12.5. The van der Waals surface area contributed by atoms with Crippen molar-refractivity contribution in [3.05, 3.63) is 103 Å². The number of phenols is 3. The van der Waals surface area contributed by atoms with E-state index >= 15 is 0 Å². The van der Waals surface area contributed by atoms with Gasteiger partial charge >= 0.3 is 0 Å². The van der Waals surface area contributed by atoms with Gasteiger partial charge in [-0.15, -0.1) is 0 Å². The lowest BCUT2D eigenvalue weighted by molar-refractivity contribution is 0.458. The van der Waals surface area contributed by atoms with Gasteiger partial charge in [0.15, 0.2) is 0 Å². The molecule has 4 aromatic carbocycles. The van der Waals surface area contributed by atoms with Crippen LogP contribution >= 0.6 is 0 Å². The second kappa shape index (κ2) is 24.8. The van der Waals surface area contributed by atoms with Crippen molar-refractivity contribution in [2.75, 3.05) is 37.1 Å². The van der Waals surface area contributed by atoms with E-state index < -0.39 is 0 Å². The Bertz CT molecular complexity index is 1630. The monoisotopic (exact) mass is 820 g/mol. The first-order valence-electron chi connectivity index (χ1n) is 23.9. The summed E-state index contributed by atoms with van der Waals surface area (Å²) in [5.41, 5.74) is 16.9. The lowest BCUT2D eigenvalue weighted by Crippen LogP contribution is -2.14. The zero-order valence-electron chi connectivity index (χ0n) is 39.2. The highest BCUT2D eigenvalue weighted by atomic mass is 16.3. The number of hydrogen-bond donors (Lipinski definition) is 6. The fraction of sp³-hybridized carbons (Fsp3) is 0.556. The molecule has 0 unspecified atom stereocenters. The second-order valence-corrected chi connectivity index (χ2v) is 17.3. The van der Waals surface area contributed by atoms with E-state index in [2.05, 4.69) is 93.9 Å². The van der Waals surface area contributed by atoms with Crippen molar-refractivity contribution >= 4 is 17.1 Å². The van der Waals surface area contributed by atoms with Crippen LogP contribution in [0, 0.1) is 0 Å². The van der Waals surface area contributed by atoms with Crippen LogP contribution in [-0.2, 0) is 57.8 Å². The summed E-state index contributed by atoms with van der Waals surface area (Å²) in [5.74, 6) is 1.43. The number of hydrogen-bond acceptors (Lipinski definition) is 6. The Hall–Kier alpha value is -4.32. The molecule has 0 aliphatic heterocycles. The summed E-state index contributed by atoms with van der Waals surface area (Å²) in [6, 6.07) is 13.5. The lowest BCUT2D eigenvalue weighted by atomic mass is 9.85. The molecule has 0 saturated heterocycles. The maximum atomic E-state index is 11.5. The molecule has 0 fully saturated rings. The Morgan fingerprint density at radius 1 is 0.333 bits per heavy atom. The van der Waals surface area contributed by atoms with Gasteiger partial charge in [0.1, 0.15) is 17.2 Å². The van der Waals surface area contributed by atoms with Gasteiger partial charge in [-0.25, -0.2) is 0 Å². The molecule has 0 radical (unpaired) electrons. The highest BCUT2D eigenvalue weighted by Gasteiger charge is 2.25. The smallest absolute Gasteiger partial charge is 0.121 e. The molecule has 0 bridgehead atoms. The van der Waals surface area contributed by atoms with Gasteiger partial charge in [0.05, 0.1) is 0 Å². The van der Waals surface area contributed by atoms with E-state index in [1.165, 1.54) is 33.4 Å². The highest BCUT2D eigenvalue weighted by Crippen LogP contribution is 2.44. The molecule has 6 N–H and O–H groups in total. The third kappa shape index (κ3) is 12.4. The first-order chi connectivity index (χ1) is 29.1. The van der Waals surface area contributed by atoms with E-state index in [1.54, 1.807) is 0 Å². The van der Waals surface area contributed by atoms with Crippen molar-refractivity contribution < 1.29 is 15.3 Å². The van der Waals surface area contributed by atoms with Crippen LogP contribution in [0.2, 0.25) is 0 Å². The number of aryl methyl sites for hydroxylation is 6. The van der Waals surface area contributed by atoms with E-state index in [-0.39, 0.29) is 0 Å². The molecule has 0 aliphatic carbocycles. The standard InChI is InChI=1S/C54H81N3O3/c1-10-16-22-40-28-37(29-41(52(40)58)23-17-11-2)34-46-49(55-7)47(35-38-30-42(24-18-12-3)53(59)43(31-38)25-19-13-4)51(57-9)48(50(46)56-8)36-39-32-44(26-20-14-5)54(60)45(33-39)27-21-15-6/h28-33,55-60H,10-27,34-36H2,1-9H3. The molecule has 60 heavy (non-hydrogen) atoms. The van der Waals surface area contributed by atoms with Gasteiger partial charge in [-0.1, -0.05) is 116 Å². The van der Waals surface area contributed by atoms with E-state index in [0.29, 0.717) is 36.5 Å². The maximum absolute atomic E-state index is 11.5. The fourth-order valence-corrected chi connectivity index (χ4v) is 9.12. The zero-order valence-corrected chi connectivity index (χ0v) is 39.2. The molecule has 0 heterocycles. The van der Waals surface area contributed by atoms with Gasteiger partial charge in [-0.2, -0.15) is 0 Å². The molecule has 0 spiro atoms. The summed E-state index contributed by atoms with van der Waals surface area (Å²) < 4.78 is 0. The van der Waals surface area contributed by atoms with E-state index in [0.717, 1.165) is 166 Å². The van der Waals surface area contributed by atoms with Gasteiger partial charge in [0.25, 0.3) is 0 Å². The highest BCUT2D eigenvalue weighted by molar-refractivity contribution is 5.84. The van der Waals surface area contributed by atoms with Crippen LogP contribution in [-0.4, -0.2) is 36.5 Å². The molecule has 0 amide bonds. The molecule has 4 aromatic rings.